The second-order valence-electron chi connectivity index (χ2n) is 1.65. The first kappa shape index (κ1) is 7.41. The molecule has 0 unspecified atom stereocenters. The first-order valence-electron chi connectivity index (χ1n) is 2.63. The third kappa shape index (κ3) is 1.92. The summed E-state index contributed by atoms with van der Waals surface area (Å²) >= 11 is 3.07. The predicted molar refractivity (Wildman–Crippen MR) is 41.0 cm³/mol. The molecule has 0 fully saturated rings. The molecule has 1 radical (unpaired) electrons. The molecule has 0 N–H and O–H groups in total. The van der Waals surface area contributed by atoms with E-state index in [1.165, 1.54) is 12.3 Å². The van der Waals surface area contributed by atoms with E-state index in [9.17, 15) is 4.39 Å². The van der Waals surface area contributed by atoms with Crippen molar-refractivity contribution in [3.05, 3.63) is 34.8 Å². The van der Waals surface area contributed by atoms with Crippen LogP contribution in [0.15, 0.2) is 17.2 Å². The van der Waals surface area contributed by atoms with Crippen molar-refractivity contribution in [1.82, 2.24) is 4.98 Å². The highest BCUT2D eigenvalue weighted by molar-refractivity contribution is 9.11. The fourth-order valence-electron chi connectivity index (χ4n) is 0.548. The van der Waals surface area contributed by atoms with Crippen LogP contribution in [0.5, 0.6) is 0 Å². The third-order valence-electron chi connectivity index (χ3n) is 0.934. The lowest BCUT2D eigenvalue weighted by atomic mass is 10.3. The summed E-state index contributed by atoms with van der Waals surface area (Å²) in [6, 6.07) is 1.35. The molecule has 0 saturated heterocycles. The molecule has 10 heavy (non-hydrogen) atoms. The molecule has 0 amide bonds. The van der Waals surface area contributed by atoms with E-state index in [1.54, 1.807) is 11.1 Å². The summed E-state index contributed by atoms with van der Waals surface area (Å²) < 4.78 is 12.3. The van der Waals surface area contributed by atoms with E-state index >= 15 is 0 Å². The Kier molecular flexibility index (Phi) is 2.57. The first-order valence-corrected chi connectivity index (χ1v) is 3.54. The summed E-state index contributed by atoms with van der Waals surface area (Å²) in [5, 5.41) is 0. The number of hydrogen-bond acceptors (Lipinski definition) is 1. The molecule has 0 aliphatic carbocycles. The lowest BCUT2D eigenvalue weighted by Crippen LogP contribution is -1.79. The monoisotopic (exact) mass is 200 g/mol. The Bertz CT molecular complexity index is 247. The molecule has 1 aromatic rings. The van der Waals surface area contributed by atoms with E-state index in [1.807, 2.05) is 0 Å². The molecule has 0 spiro atoms. The van der Waals surface area contributed by atoms with Crippen LogP contribution in [-0.2, 0) is 0 Å². The normalized spacial score (nSPS) is 10.6. The van der Waals surface area contributed by atoms with E-state index in [0.717, 1.165) is 0 Å². The molecule has 1 heterocycles. The van der Waals surface area contributed by atoms with Gasteiger partial charge in [-0.15, -0.1) is 0 Å². The highest BCUT2D eigenvalue weighted by Crippen LogP contribution is 2.03. The Hall–Kier alpha value is -0.700. The van der Waals surface area contributed by atoms with Crippen LogP contribution < -0.4 is 0 Å². The van der Waals surface area contributed by atoms with Crippen molar-refractivity contribution < 1.29 is 4.39 Å². The van der Waals surface area contributed by atoms with Crippen LogP contribution >= 0.6 is 15.9 Å². The first-order chi connectivity index (χ1) is 4.83. The molecule has 0 atom stereocenters. The molecule has 0 aromatic carbocycles. The molecule has 0 aliphatic heterocycles. The summed E-state index contributed by atoms with van der Waals surface area (Å²) in [4.78, 5) is 5.17. The average molecular weight is 201 g/mol. The van der Waals surface area contributed by atoms with E-state index in [4.69, 9.17) is 0 Å². The van der Waals surface area contributed by atoms with Crippen molar-refractivity contribution in [2.45, 2.75) is 0 Å². The minimum absolute atomic E-state index is 0.442. The van der Waals surface area contributed by atoms with Crippen LogP contribution in [0, 0.1) is 12.0 Å². The van der Waals surface area contributed by atoms with Gasteiger partial charge in [-0.05, 0) is 22.7 Å². The van der Waals surface area contributed by atoms with Gasteiger partial charge in [0.05, 0.1) is 0 Å². The van der Waals surface area contributed by atoms with Crippen LogP contribution in [0.25, 0.3) is 6.08 Å². The van der Waals surface area contributed by atoms with Crippen LogP contribution in [0.2, 0.25) is 0 Å². The Morgan fingerprint density at radius 1 is 1.70 bits per heavy atom. The second kappa shape index (κ2) is 3.46. The van der Waals surface area contributed by atoms with Gasteiger partial charge >= 0.3 is 0 Å². The average Bonchev–Trinajstić information content (AvgIpc) is 1.88. The molecule has 1 rings (SSSR count). The number of hydrogen-bond donors (Lipinski definition) is 0. The van der Waals surface area contributed by atoms with Crippen molar-refractivity contribution in [2.24, 2.45) is 0 Å². The Balaban J connectivity index is 2.95. The summed E-state index contributed by atoms with van der Waals surface area (Å²) in [5.41, 5.74) is 0.716. The van der Waals surface area contributed by atoms with Gasteiger partial charge < -0.3 is 0 Å². The van der Waals surface area contributed by atoms with Gasteiger partial charge in [-0.2, -0.15) is 0 Å². The van der Waals surface area contributed by atoms with Crippen molar-refractivity contribution >= 4 is 22.0 Å². The van der Waals surface area contributed by atoms with E-state index < -0.39 is 5.82 Å². The number of aromatic nitrogens is 1. The summed E-state index contributed by atoms with van der Waals surface area (Å²) in [5.74, 6) is -0.442. The smallest absolute Gasteiger partial charge is 0.151 e. The van der Waals surface area contributed by atoms with Crippen LogP contribution in [0.4, 0.5) is 4.39 Å². The molecule has 0 bridgehead atoms. The minimum atomic E-state index is -0.442. The van der Waals surface area contributed by atoms with Crippen molar-refractivity contribution in [2.75, 3.05) is 0 Å². The van der Waals surface area contributed by atoms with Gasteiger partial charge in [-0.3, -0.25) is 4.98 Å². The molecule has 3 heteroatoms. The zero-order valence-electron chi connectivity index (χ0n) is 5.01. The number of halogens is 2. The van der Waals surface area contributed by atoms with Gasteiger partial charge in [0.1, 0.15) is 6.20 Å². The van der Waals surface area contributed by atoms with Crippen LogP contribution in [0.3, 0.4) is 0 Å². The molecular formula is C7H4BrFN. The Morgan fingerprint density at radius 2 is 2.50 bits per heavy atom. The molecule has 0 aliphatic rings. The summed E-state index contributed by atoms with van der Waals surface area (Å²) in [7, 11) is 0. The van der Waals surface area contributed by atoms with E-state index in [-0.39, 0.29) is 0 Å². The van der Waals surface area contributed by atoms with Gasteiger partial charge in [0.25, 0.3) is 0 Å². The van der Waals surface area contributed by atoms with Gasteiger partial charge in [0.15, 0.2) is 5.82 Å². The largest absolute Gasteiger partial charge is 0.251 e. The molecular weight excluding hydrogens is 197 g/mol. The number of nitrogens with zero attached hydrogens (tertiary/aromatic N) is 1. The maximum absolute atomic E-state index is 12.3. The minimum Gasteiger partial charge on any atom is -0.251 e. The van der Waals surface area contributed by atoms with Crippen LogP contribution in [0.1, 0.15) is 5.56 Å². The third-order valence-corrected chi connectivity index (χ3v) is 1.20. The lowest BCUT2D eigenvalue weighted by molar-refractivity contribution is 0.618. The van der Waals surface area contributed by atoms with E-state index in [0.29, 0.717) is 5.56 Å². The second-order valence-corrected chi connectivity index (χ2v) is 2.18. The fraction of sp³-hybridized carbons (Fsp3) is 0. The van der Waals surface area contributed by atoms with Crippen molar-refractivity contribution in [1.29, 1.82) is 0 Å². The molecule has 0 saturated carbocycles. The molecule has 1 aromatic heterocycles. The Morgan fingerprint density at radius 3 is 3.10 bits per heavy atom. The zero-order valence-corrected chi connectivity index (χ0v) is 6.60. The predicted octanol–water partition coefficient (Wildman–Crippen LogP) is 2.39. The van der Waals surface area contributed by atoms with Gasteiger partial charge in [0.2, 0.25) is 0 Å². The topological polar surface area (TPSA) is 12.9 Å². The van der Waals surface area contributed by atoms with Gasteiger partial charge in [-0.25, -0.2) is 4.39 Å². The lowest BCUT2D eigenvalue weighted by Gasteiger charge is -1.88. The number of rotatable bonds is 1. The standard InChI is InChI=1S/C7H4BrFN/c8-2-1-6-3-7(9)5-10-4-6/h1-4H/b2-1+. The number of pyridine rings is 1. The highest BCUT2D eigenvalue weighted by atomic mass is 79.9. The maximum Gasteiger partial charge on any atom is 0.151 e. The van der Waals surface area contributed by atoms with Crippen molar-refractivity contribution in [3.8, 4) is 0 Å². The zero-order chi connectivity index (χ0) is 7.40. The summed E-state index contributed by atoms with van der Waals surface area (Å²) in [6.07, 6.45) is 5.39. The highest BCUT2D eigenvalue weighted by Gasteiger charge is 1.90. The van der Waals surface area contributed by atoms with Crippen molar-refractivity contribution in [3.63, 3.8) is 0 Å². The maximum atomic E-state index is 12.3. The Labute approximate surface area is 66.7 Å². The summed E-state index contributed by atoms with van der Waals surface area (Å²) in [6.45, 7) is 0. The SMILES string of the molecule is Fc1[c]ncc(/C=C/Br)c1. The van der Waals surface area contributed by atoms with E-state index in [2.05, 4.69) is 27.1 Å². The van der Waals surface area contributed by atoms with Crippen LogP contribution in [-0.4, -0.2) is 4.98 Å². The van der Waals surface area contributed by atoms with Gasteiger partial charge in [0, 0.05) is 6.20 Å². The fourth-order valence-corrected chi connectivity index (χ4v) is 0.853. The van der Waals surface area contributed by atoms with Gasteiger partial charge in [-0.1, -0.05) is 15.9 Å². The quantitative estimate of drug-likeness (QED) is 0.679. The molecule has 1 nitrogen and oxygen atoms in total. The molecule has 51 valence electrons.